The van der Waals surface area contributed by atoms with Crippen LogP contribution in [-0.2, 0) is 16.9 Å². The minimum atomic E-state index is -2.88. The van der Waals surface area contributed by atoms with Gasteiger partial charge in [-0.2, -0.15) is 0 Å². The maximum atomic E-state index is 13.0. The smallest absolute Gasteiger partial charge is 0.270 e. The van der Waals surface area contributed by atoms with E-state index in [-0.39, 0.29) is 23.5 Å². The number of halogens is 1. The maximum Gasteiger partial charge on any atom is 0.270 e. The molecule has 3 heterocycles. The number of sulfone groups is 1. The van der Waals surface area contributed by atoms with Crippen LogP contribution in [0.3, 0.4) is 0 Å². The molecule has 2 aromatic rings. The van der Waals surface area contributed by atoms with Gasteiger partial charge in [-0.3, -0.25) is 9.69 Å². The number of nitrogens with zero attached hydrogens (tertiary/aromatic N) is 3. The lowest BCUT2D eigenvalue weighted by Crippen LogP contribution is -2.52. The largest absolute Gasteiger partial charge is 0.340 e. The number of hydrogen-bond acceptors (Lipinski definition) is 4. The molecule has 26 heavy (non-hydrogen) atoms. The average molecular weight is 396 g/mol. The van der Waals surface area contributed by atoms with Gasteiger partial charge < -0.3 is 9.47 Å². The molecule has 1 aromatic carbocycles. The molecule has 2 saturated heterocycles. The number of fused-ring (bicyclic) bond motifs is 1. The summed E-state index contributed by atoms with van der Waals surface area (Å²) in [6.07, 6.45) is 0.709. The number of hydrogen-bond donors (Lipinski definition) is 0. The van der Waals surface area contributed by atoms with Gasteiger partial charge in [0.1, 0.15) is 5.69 Å². The topological polar surface area (TPSA) is 62.6 Å². The molecule has 8 heteroatoms. The molecule has 0 N–H and O–H groups in total. The van der Waals surface area contributed by atoms with Crippen LogP contribution in [0.2, 0.25) is 5.02 Å². The fourth-order valence-electron chi connectivity index (χ4n) is 4.04. The zero-order valence-electron chi connectivity index (χ0n) is 14.7. The molecule has 0 radical (unpaired) electrons. The molecule has 2 aliphatic heterocycles. The van der Waals surface area contributed by atoms with E-state index in [2.05, 4.69) is 4.90 Å². The van der Waals surface area contributed by atoms with E-state index in [1.807, 2.05) is 40.8 Å². The summed E-state index contributed by atoms with van der Waals surface area (Å²) >= 11 is 6.05. The Bertz CT molecular complexity index is 961. The van der Waals surface area contributed by atoms with Crippen LogP contribution in [-0.4, -0.2) is 72.4 Å². The molecule has 0 saturated carbocycles. The Morgan fingerprint density at radius 3 is 2.54 bits per heavy atom. The van der Waals surface area contributed by atoms with Crippen LogP contribution in [0, 0.1) is 0 Å². The van der Waals surface area contributed by atoms with Gasteiger partial charge in [0.15, 0.2) is 9.84 Å². The third kappa shape index (κ3) is 3.23. The summed E-state index contributed by atoms with van der Waals surface area (Å²) in [7, 11) is -0.986. The Kier molecular flexibility index (Phi) is 4.49. The van der Waals surface area contributed by atoms with Crippen molar-refractivity contribution in [3.8, 4) is 0 Å². The van der Waals surface area contributed by atoms with Gasteiger partial charge in [-0.05, 0) is 30.7 Å². The van der Waals surface area contributed by atoms with E-state index in [9.17, 15) is 13.2 Å². The third-order valence-electron chi connectivity index (χ3n) is 5.55. The van der Waals surface area contributed by atoms with Gasteiger partial charge in [0.25, 0.3) is 5.91 Å². The Labute approximate surface area is 158 Å². The van der Waals surface area contributed by atoms with Crippen molar-refractivity contribution in [2.75, 3.05) is 37.7 Å². The maximum absolute atomic E-state index is 13.0. The summed E-state index contributed by atoms with van der Waals surface area (Å²) in [5.41, 5.74) is 1.63. The molecule has 0 aliphatic carbocycles. The first-order valence-electron chi connectivity index (χ1n) is 8.83. The Morgan fingerprint density at radius 2 is 1.88 bits per heavy atom. The van der Waals surface area contributed by atoms with Gasteiger partial charge in [0, 0.05) is 55.2 Å². The molecule has 0 unspecified atom stereocenters. The van der Waals surface area contributed by atoms with E-state index in [1.54, 1.807) is 0 Å². The number of benzene rings is 1. The van der Waals surface area contributed by atoms with E-state index in [0.29, 0.717) is 30.2 Å². The summed E-state index contributed by atoms with van der Waals surface area (Å²) < 4.78 is 25.3. The Hall–Kier alpha value is -1.57. The molecule has 1 amide bonds. The van der Waals surface area contributed by atoms with Crippen LogP contribution >= 0.6 is 11.6 Å². The quantitative estimate of drug-likeness (QED) is 0.777. The number of aromatic nitrogens is 1. The normalized spacial score (nSPS) is 23.6. The highest BCUT2D eigenvalue weighted by molar-refractivity contribution is 7.91. The Balaban J connectivity index is 1.46. The predicted molar refractivity (Wildman–Crippen MR) is 102 cm³/mol. The number of piperazine rings is 1. The van der Waals surface area contributed by atoms with Crippen LogP contribution in [0.25, 0.3) is 10.9 Å². The van der Waals surface area contributed by atoms with E-state index in [1.165, 1.54) is 0 Å². The van der Waals surface area contributed by atoms with Gasteiger partial charge in [-0.25, -0.2) is 8.42 Å². The molecule has 2 fully saturated rings. The molecule has 140 valence electrons. The van der Waals surface area contributed by atoms with Crippen LogP contribution in [0.4, 0.5) is 0 Å². The molecular weight excluding hydrogens is 374 g/mol. The standard InChI is InChI=1S/C18H22ClN3O3S/c1-20-16-3-2-14(19)10-13(16)11-17(20)18(23)22-7-5-21(6-8-22)15-4-9-26(24,25)12-15/h2-3,10-11,15H,4-9,12H2,1H3/t15-/m1/s1. The first-order valence-corrected chi connectivity index (χ1v) is 11.0. The van der Waals surface area contributed by atoms with Crippen molar-refractivity contribution in [2.24, 2.45) is 7.05 Å². The average Bonchev–Trinajstić information content (AvgIpc) is 3.14. The minimum absolute atomic E-state index is 0.0125. The monoisotopic (exact) mass is 395 g/mol. The van der Waals surface area contributed by atoms with Gasteiger partial charge >= 0.3 is 0 Å². The van der Waals surface area contributed by atoms with Gasteiger partial charge in [0.05, 0.1) is 11.5 Å². The van der Waals surface area contributed by atoms with Crippen molar-refractivity contribution in [3.05, 3.63) is 35.0 Å². The first kappa shape index (κ1) is 17.8. The van der Waals surface area contributed by atoms with Crippen LogP contribution in [0.15, 0.2) is 24.3 Å². The molecule has 0 spiro atoms. The van der Waals surface area contributed by atoms with Crippen molar-refractivity contribution in [3.63, 3.8) is 0 Å². The summed E-state index contributed by atoms with van der Waals surface area (Å²) in [6, 6.07) is 7.61. The minimum Gasteiger partial charge on any atom is -0.340 e. The fourth-order valence-corrected chi connectivity index (χ4v) is 5.98. The highest BCUT2D eigenvalue weighted by atomic mass is 35.5. The second kappa shape index (κ2) is 6.55. The van der Waals surface area contributed by atoms with Crippen molar-refractivity contribution in [2.45, 2.75) is 12.5 Å². The van der Waals surface area contributed by atoms with Crippen LogP contribution in [0.1, 0.15) is 16.9 Å². The number of carbonyl (C=O) groups excluding carboxylic acids is 1. The van der Waals surface area contributed by atoms with E-state index in [0.717, 1.165) is 24.0 Å². The molecule has 1 aromatic heterocycles. The lowest BCUT2D eigenvalue weighted by Gasteiger charge is -2.37. The van der Waals surface area contributed by atoms with Gasteiger partial charge in [0.2, 0.25) is 0 Å². The van der Waals surface area contributed by atoms with Crippen LogP contribution in [0.5, 0.6) is 0 Å². The SMILES string of the molecule is Cn1c(C(=O)N2CCN([C@@H]3CCS(=O)(=O)C3)CC2)cc2cc(Cl)ccc21. The fraction of sp³-hybridized carbons (Fsp3) is 0.500. The highest BCUT2D eigenvalue weighted by Crippen LogP contribution is 2.24. The van der Waals surface area contributed by atoms with Crippen molar-refractivity contribution in [1.82, 2.24) is 14.4 Å². The van der Waals surface area contributed by atoms with E-state index < -0.39 is 9.84 Å². The highest BCUT2D eigenvalue weighted by Gasteiger charge is 2.34. The predicted octanol–water partition coefficient (Wildman–Crippen LogP) is 1.78. The van der Waals surface area contributed by atoms with Crippen molar-refractivity contribution >= 4 is 38.2 Å². The van der Waals surface area contributed by atoms with E-state index in [4.69, 9.17) is 11.6 Å². The van der Waals surface area contributed by atoms with Gasteiger partial charge in [-0.1, -0.05) is 11.6 Å². The lowest BCUT2D eigenvalue weighted by atomic mass is 10.2. The lowest BCUT2D eigenvalue weighted by molar-refractivity contribution is 0.0579. The van der Waals surface area contributed by atoms with Crippen molar-refractivity contribution in [1.29, 1.82) is 0 Å². The number of aryl methyl sites for hydroxylation is 1. The third-order valence-corrected chi connectivity index (χ3v) is 7.54. The summed E-state index contributed by atoms with van der Waals surface area (Å²) in [4.78, 5) is 17.0. The zero-order chi connectivity index (χ0) is 18.5. The first-order chi connectivity index (χ1) is 12.3. The number of rotatable bonds is 2. The van der Waals surface area contributed by atoms with Gasteiger partial charge in [-0.15, -0.1) is 0 Å². The second-order valence-electron chi connectivity index (χ2n) is 7.18. The molecule has 0 bridgehead atoms. The molecular formula is C18H22ClN3O3S. The molecule has 6 nitrogen and oxygen atoms in total. The Morgan fingerprint density at radius 1 is 1.15 bits per heavy atom. The number of carbonyl (C=O) groups is 1. The summed E-state index contributed by atoms with van der Waals surface area (Å²) in [5.74, 6) is 0.554. The summed E-state index contributed by atoms with van der Waals surface area (Å²) in [6.45, 7) is 2.69. The number of amides is 1. The second-order valence-corrected chi connectivity index (χ2v) is 9.84. The summed E-state index contributed by atoms with van der Waals surface area (Å²) in [5, 5.41) is 1.61. The van der Waals surface area contributed by atoms with Crippen molar-refractivity contribution < 1.29 is 13.2 Å². The zero-order valence-corrected chi connectivity index (χ0v) is 16.3. The molecule has 1 atom stereocenters. The van der Waals surface area contributed by atoms with Crippen LogP contribution < -0.4 is 0 Å². The molecule has 4 rings (SSSR count). The molecule has 2 aliphatic rings. The van der Waals surface area contributed by atoms with E-state index >= 15 is 0 Å².